The number of hydrogen-bond acceptors (Lipinski definition) is 4. The Labute approximate surface area is 198 Å². The molecular formula is C23H38IN3O3. The molecule has 6 nitrogen and oxygen atoms in total. The predicted molar refractivity (Wildman–Crippen MR) is 132 cm³/mol. The number of guanidine groups is 1. The molecule has 3 rings (SSSR count). The van der Waals surface area contributed by atoms with Crippen LogP contribution in [0.15, 0.2) is 23.2 Å². The van der Waals surface area contributed by atoms with Gasteiger partial charge >= 0.3 is 0 Å². The summed E-state index contributed by atoms with van der Waals surface area (Å²) in [6.45, 7) is 8.84. The van der Waals surface area contributed by atoms with Gasteiger partial charge in [0.05, 0.1) is 19.8 Å². The molecule has 0 aromatic heterocycles. The molecule has 1 aliphatic carbocycles. The van der Waals surface area contributed by atoms with E-state index >= 15 is 0 Å². The zero-order chi connectivity index (χ0) is 20.5. The van der Waals surface area contributed by atoms with E-state index < -0.39 is 0 Å². The number of aliphatic imine (C=N–C) groups is 1. The predicted octanol–water partition coefficient (Wildman–Crippen LogP) is 4.04. The van der Waals surface area contributed by atoms with Gasteiger partial charge < -0.3 is 24.8 Å². The SMILES string of the molecule is CCNC(=NCc1ccc(C)cc1OC1CCOC1)NCC1(CCOC)CCC1.I. The first-order valence-electron chi connectivity index (χ1n) is 11.0. The fourth-order valence-electron chi connectivity index (χ4n) is 3.98. The molecule has 2 N–H and O–H groups in total. The second kappa shape index (κ2) is 12.7. The summed E-state index contributed by atoms with van der Waals surface area (Å²) in [6, 6.07) is 6.36. The molecule has 0 radical (unpaired) electrons. The van der Waals surface area contributed by atoms with E-state index in [1.165, 1.54) is 24.8 Å². The number of methoxy groups -OCH3 is 1. The van der Waals surface area contributed by atoms with E-state index in [1.807, 2.05) is 0 Å². The lowest BCUT2D eigenvalue weighted by molar-refractivity contribution is 0.0732. The molecule has 1 aromatic carbocycles. The van der Waals surface area contributed by atoms with Crippen molar-refractivity contribution in [1.29, 1.82) is 0 Å². The van der Waals surface area contributed by atoms with E-state index in [-0.39, 0.29) is 30.1 Å². The highest BCUT2D eigenvalue weighted by Crippen LogP contribution is 2.43. The lowest BCUT2D eigenvalue weighted by atomic mass is 9.67. The fourth-order valence-corrected chi connectivity index (χ4v) is 3.98. The Bertz CT molecular complexity index is 674. The maximum Gasteiger partial charge on any atom is 0.191 e. The Morgan fingerprint density at radius 3 is 2.77 bits per heavy atom. The number of benzene rings is 1. The Hall–Kier alpha value is -1.06. The Balaban J connectivity index is 0.00000320. The lowest BCUT2D eigenvalue weighted by Gasteiger charge is -2.42. The van der Waals surface area contributed by atoms with Crippen LogP contribution in [0.2, 0.25) is 0 Å². The summed E-state index contributed by atoms with van der Waals surface area (Å²) in [5, 5.41) is 6.95. The maximum atomic E-state index is 6.22. The first-order valence-corrected chi connectivity index (χ1v) is 11.0. The summed E-state index contributed by atoms with van der Waals surface area (Å²) in [4.78, 5) is 4.84. The topological polar surface area (TPSA) is 64.1 Å². The van der Waals surface area contributed by atoms with Crippen molar-refractivity contribution in [3.05, 3.63) is 29.3 Å². The highest BCUT2D eigenvalue weighted by atomic mass is 127. The van der Waals surface area contributed by atoms with E-state index in [1.54, 1.807) is 7.11 Å². The summed E-state index contributed by atoms with van der Waals surface area (Å²) in [5.74, 6) is 1.79. The minimum atomic E-state index is 0. The zero-order valence-electron chi connectivity index (χ0n) is 18.7. The van der Waals surface area contributed by atoms with Crippen LogP contribution >= 0.6 is 24.0 Å². The normalized spacial score (nSPS) is 20.2. The van der Waals surface area contributed by atoms with E-state index in [9.17, 15) is 0 Å². The molecule has 1 saturated carbocycles. The largest absolute Gasteiger partial charge is 0.488 e. The minimum Gasteiger partial charge on any atom is -0.488 e. The van der Waals surface area contributed by atoms with Gasteiger partial charge in [-0.2, -0.15) is 0 Å². The third kappa shape index (κ3) is 7.27. The molecule has 0 amide bonds. The van der Waals surface area contributed by atoms with Crippen molar-refractivity contribution in [2.75, 3.05) is 40.0 Å². The van der Waals surface area contributed by atoms with Gasteiger partial charge in [-0.25, -0.2) is 4.99 Å². The molecule has 1 atom stereocenters. The number of halogens is 1. The molecule has 170 valence electrons. The van der Waals surface area contributed by atoms with Crippen molar-refractivity contribution < 1.29 is 14.2 Å². The Morgan fingerprint density at radius 2 is 2.13 bits per heavy atom. The molecule has 0 spiro atoms. The monoisotopic (exact) mass is 531 g/mol. The minimum absolute atomic E-state index is 0. The zero-order valence-corrected chi connectivity index (χ0v) is 21.0. The first-order chi connectivity index (χ1) is 14.1. The summed E-state index contributed by atoms with van der Waals surface area (Å²) < 4.78 is 17.0. The quantitative estimate of drug-likeness (QED) is 0.271. The average molecular weight is 531 g/mol. The van der Waals surface area contributed by atoms with E-state index in [0.29, 0.717) is 18.6 Å². The van der Waals surface area contributed by atoms with Gasteiger partial charge in [-0.05, 0) is 50.2 Å². The first kappa shape index (κ1) is 25.2. The van der Waals surface area contributed by atoms with Crippen LogP contribution in [-0.2, 0) is 16.0 Å². The van der Waals surface area contributed by atoms with Crippen molar-refractivity contribution >= 4 is 29.9 Å². The molecule has 30 heavy (non-hydrogen) atoms. The highest BCUT2D eigenvalue weighted by Gasteiger charge is 2.36. The van der Waals surface area contributed by atoms with Crippen LogP contribution in [0.4, 0.5) is 0 Å². The number of rotatable bonds is 10. The fraction of sp³-hybridized carbons (Fsp3) is 0.696. The van der Waals surface area contributed by atoms with E-state index in [0.717, 1.165) is 56.4 Å². The van der Waals surface area contributed by atoms with Crippen molar-refractivity contribution in [1.82, 2.24) is 10.6 Å². The van der Waals surface area contributed by atoms with Crippen LogP contribution in [0.25, 0.3) is 0 Å². The standard InChI is InChI=1S/C23H37N3O3.HI/c1-4-24-22(26-17-23(9-5-10-23)11-13-27-3)25-15-19-7-6-18(2)14-21(19)29-20-8-12-28-16-20;/h6-7,14,20H,4-5,8-13,15-17H2,1-3H3,(H2,24,25,26);1H. The second-order valence-corrected chi connectivity index (χ2v) is 8.36. The molecule has 7 heteroatoms. The number of aryl methyl sites for hydroxylation is 1. The summed E-state index contributed by atoms with van der Waals surface area (Å²) in [6.07, 6.45) is 6.04. The number of ether oxygens (including phenoxy) is 3. The molecule has 0 bridgehead atoms. The van der Waals surface area contributed by atoms with E-state index in [4.69, 9.17) is 19.2 Å². The van der Waals surface area contributed by atoms with Gasteiger partial charge in [0.1, 0.15) is 11.9 Å². The molecule has 2 aliphatic rings. The third-order valence-corrected chi connectivity index (χ3v) is 6.04. The molecule has 1 heterocycles. The van der Waals surface area contributed by atoms with Gasteiger partial charge in [0.2, 0.25) is 0 Å². The van der Waals surface area contributed by atoms with Crippen molar-refractivity contribution in [3.8, 4) is 5.75 Å². The van der Waals surface area contributed by atoms with E-state index in [2.05, 4.69) is 42.7 Å². The van der Waals surface area contributed by atoms with Crippen molar-refractivity contribution in [2.45, 2.75) is 58.6 Å². The van der Waals surface area contributed by atoms with Crippen LogP contribution in [0.1, 0.15) is 50.2 Å². The van der Waals surface area contributed by atoms with Gasteiger partial charge in [-0.3, -0.25) is 0 Å². The van der Waals surface area contributed by atoms with Crippen LogP contribution in [0.3, 0.4) is 0 Å². The maximum absolute atomic E-state index is 6.22. The Morgan fingerprint density at radius 1 is 1.30 bits per heavy atom. The van der Waals surface area contributed by atoms with Crippen LogP contribution < -0.4 is 15.4 Å². The third-order valence-electron chi connectivity index (χ3n) is 6.04. The number of nitrogens with one attached hydrogen (secondary N) is 2. The molecule has 1 unspecified atom stereocenters. The molecule has 2 fully saturated rings. The lowest BCUT2D eigenvalue weighted by Crippen LogP contribution is -2.47. The summed E-state index contributed by atoms with van der Waals surface area (Å²) in [7, 11) is 1.78. The summed E-state index contributed by atoms with van der Waals surface area (Å²) >= 11 is 0. The molecule has 1 aromatic rings. The average Bonchev–Trinajstić information content (AvgIpc) is 3.19. The van der Waals surface area contributed by atoms with Gasteiger partial charge in [0, 0.05) is 38.8 Å². The Kier molecular flexibility index (Phi) is 10.7. The van der Waals surface area contributed by atoms with Crippen molar-refractivity contribution in [3.63, 3.8) is 0 Å². The van der Waals surface area contributed by atoms with Crippen LogP contribution in [0, 0.1) is 12.3 Å². The highest BCUT2D eigenvalue weighted by molar-refractivity contribution is 14.0. The van der Waals surface area contributed by atoms with Gasteiger partial charge in [0.15, 0.2) is 5.96 Å². The summed E-state index contributed by atoms with van der Waals surface area (Å²) in [5.41, 5.74) is 2.66. The smallest absolute Gasteiger partial charge is 0.191 e. The molecule has 1 aliphatic heterocycles. The van der Waals surface area contributed by atoms with Gasteiger partial charge in [-0.15, -0.1) is 24.0 Å². The van der Waals surface area contributed by atoms with Crippen LogP contribution in [0.5, 0.6) is 5.75 Å². The van der Waals surface area contributed by atoms with Crippen molar-refractivity contribution in [2.24, 2.45) is 10.4 Å². The molecular weight excluding hydrogens is 493 g/mol. The van der Waals surface area contributed by atoms with Gasteiger partial charge in [-0.1, -0.05) is 18.6 Å². The second-order valence-electron chi connectivity index (χ2n) is 8.36. The van der Waals surface area contributed by atoms with Gasteiger partial charge in [0.25, 0.3) is 0 Å². The molecule has 1 saturated heterocycles. The number of nitrogens with zero attached hydrogens (tertiary/aromatic N) is 1. The number of hydrogen-bond donors (Lipinski definition) is 2. The van der Waals surface area contributed by atoms with Crippen LogP contribution in [-0.4, -0.2) is 52.1 Å².